The van der Waals surface area contributed by atoms with E-state index in [9.17, 15) is 9.18 Å². The predicted octanol–water partition coefficient (Wildman–Crippen LogP) is 4.97. The Labute approximate surface area is 210 Å². The quantitative estimate of drug-likeness (QED) is 0.289. The summed E-state index contributed by atoms with van der Waals surface area (Å²) in [6.07, 6.45) is 5.74. The minimum atomic E-state index is -0.451. The highest BCUT2D eigenvalue weighted by Crippen LogP contribution is 2.31. The van der Waals surface area contributed by atoms with Crippen LogP contribution in [0.15, 0.2) is 73.4 Å². The van der Waals surface area contributed by atoms with Gasteiger partial charge in [0.15, 0.2) is 0 Å². The normalized spacial score (nSPS) is 11.8. The first kappa shape index (κ1) is 23.3. The van der Waals surface area contributed by atoms with Crippen molar-refractivity contribution in [2.45, 2.75) is 19.5 Å². The average Bonchev–Trinajstić information content (AvgIpc) is 3.37. The van der Waals surface area contributed by atoms with Crippen LogP contribution >= 0.6 is 11.3 Å². The zero-order chi connectivity index (χ0) is 25.1. The van der Waals surface area contributed by atoms with E-state index >= 15 is 0 Å². The van der Waals surface area contributed by atoms with Gasteiger partial charge in [-0.15, -0.1) is 11.3 Å². The standard InChI is InChI=1S/C26H22FN7OS/c1-15(17-9-18(27)12-29-11-17)34-26(35)20-3-2-8-30-25(20)31-13-19-5-7-23(36-19)16-4-6-22-21(10-16)24(28)33-14-32-22/h2-12,14-15H,13H2,1H3,(H,30,31)(H,34,35)(H2,28,32,33). The van der Waals surface area contributed by atoms with Crippen molar-refractivity contribution in [1.82, 2.24) is 25.3 Å². The van der Waals surface area contributed by atoms with Crippen molar-refractivity contribution < 1.29 is 9.18 Å². The second kappa shape index (κ2) is 10.0. The number of aromatic nitrogens is 4. The van der Waals surface area contributed by atoms with E-state index in [0.29, 0.717) is 29.3 Å². The molecule has 8 nitrogen and oxygen atoms in total. The lowest BCUT2D eigenvalue weighted by Crippen LogP contribution is -2.27. The Morgan fingerprint density at radius 1 is 1.11 bits per heavy atom. The molecule has 0 aliphatic carbocycles. The van der Waals surface area contributed by atoms with Gasteiger partial charge in [0.05, 0.1) is 29.9 Å². The molecule has 5 rings (SSSR count). The molecule has 10 heteroatoms. The van der Waals surface area contributed by atoms with Gasteiger partial charge in [-0.3, -0.25) is 9.78 Å². The average molecular weight is 500 g/mol. The lowest BCUT2D eigenvalue weighted by Gasteiger charge is -2.16. The van der Waals surface area contributed by atoms with Gasteiger partial charge in [0.2, 0.25) is 0 Å². The Morgan fingerprint density at radius 2 is 2.00 bits per heavy atom. The van der Waals surface area contributed by atoms with Crippen molar-refractivity contribution in [2.24, 2.45) is 0 Å². The number of pyridine rings is 2. The molecule has 4 heterocycles. The number of anilines is 2. The summed E-state index contributed by atoms with van der Waals surface area (Å²) >= 11 is 1.63. The molecule has 4 N–H and O–H groups in total. The molecule has 36 heavy (non-hydrogen) atoms. The zero-order valence-corrected chi connectivity index (χ0v) is 20.1. The first-order valence-corrected chi connectivity index (χ1v) is 12.0. The van der Waals surface area contributed by atoms with Crippen LogP contribution in [0.5, 0.6) is 0 Å². The summed E-state index contributed by atoms with van der Waals surface area (Å²) in [5.41, 5.74) is 8.82. The van der Waals surface area contributed by atoms with Gasteiger partial charge in [-0.1, -0.05) is 6.07 Å². The van der Waals surface area contributed by atoms with E-state index in [0.717, 1.165) is 32.4 Å². The van der Waals surface area contributed by atoms with E-state index in [1.807, 2.05) is 30.3 Å². The number of rotatable bonds is 7. The van der Waals surface area contributed by atoms with Gasteiger partial charge in [0.1, 0.15) is 23.8 Å². The second-order valence-corrected chi connectivity index (χ2v) is 9.31. The van der Waals surface area contributed by atoms with E-state index in [1.54, 1.807) is 36.6 Å². The van der Waals surface area contributed by atoms with Gasteiger partial charge in [-0.25, -0.2) is 19.3 Å². The van der Waals surface area contributed by atoms with E-state index < -0.39 is 11.9 Å². The number of nitrogen functional groups attached to an aromatic ring is 1. The van der Waals surface area contributed by atoms with Crippen molar-refractivity contribution in [3.63, 3.8) is 0 Å². The van der Waals surface area contributed by atoms with Crippen molar-refractivity contribution in [3.05, 3.63) is 95.3 Å². The van der Waals surface area contributed by atoms with Crippen molar-refractivity contribution >= 4 is 39.8 Å². The molecule has 1 unspecified atom stereocenters. The minimum absolute atomic E-state index is 0.315. The third-order valence-corrected chi connectivity index (χ3v) is 6.80. The summed E-state index contributed by atoms with van der Waals surface area (Å²) < 4.78 is 13.5. The van der Waals surface area contributed by atoms with Gasteiger partial charge in [-0.2, -0.15) is 0 Å². The van der Waals surface area contributed by atoms with Gasteiger partial charge >= 0.3 is 0 Å². The smallest absolute Gasteiger partial charge is 0.255 e. The van der Waals surface area contributed by atoms with Crippen LogP contribution in [-0.2, 0) is 6.54 Å². The molecule has 0 aliphatic rings. The SMILES string of the molecule is CC(NC(=O)c1cccnc1NCc1ccc(-c2ccc3ncnc(N)c3c2)s1)c1cncc(F)c1. The maximum atomic E-state index is 13.5. The summed E-state index contributed by atoms with van der Waals surface area (Å²) in [4.78, 5) is 31.6. The molecular weight excluding hydrogens is 477 g/mol. The first-order chi connectivity index (χ1) is 17.5. The van der Waals surface area contributed by atoms with Gasteiger partial charge < -0.3 is 16.4 Å². The number of halogens is 1. The van der Waals surface area contributed by atoms with E-state index in [4.69, 9.17) is 5.73 Å². The fourth-order valence-corrected chi connectivity index (χ4v) is 4.72. The number of carbonyl (C=O) groups excluding carboxylic acids is 1. The molecule has 1 aromatic carbocycles. The molecule has 4 aromatic heterocycles. The minimum Gasteiger partial charge on any atom is -0.383 e. The number of nitrogens with one attached hydrogen (secondary N) is 2. The molecule has 5 aromatic rings. The molecule has 1 atom stereocenters. The van der Waals surface area contributed by atoms with Crippen LogP contribution in [0.1, 0.15) is 33.8 Å². The van der Waals surface area contributed by atoms with E-state index in [2.05, 4.69) is 30.6 Å². The van der Waals surface area contributed by atoms with Gasteiger partial charge in [-0.05, 0) is 60.5 Å². The van der Waals surface area contributed by atoms with Gasteiger partial charge in [0, 0.05) is 27.5 Å². The summed E-state index contributed by atoms with van der Waals surface area (Å²) in [7, 11) is 0. The van der Waals surface area contributed by atoms with Crippen LogP contribution in [0.25, 0.3) is 21.3 Å². The van der Waals surface area contributed by atoms with E-state index in [1.165, 1.54) is 18.6 Å². The predicted molar refractivity (Wildman–Crippen MR) is 139 cm³/mol. The van der Waals surface area contributed by atoms with Crippen molar-refractivity contribution in [2.75, 3.05) is 11.1 Å². The Bertz CT molecular complexity index is 1550. The molecule has 0 aliphatic heterocycles. The zero-order valence-electron chi connectivity index (χ0n) is 19.3. The number of thiophene rings is 1. The molecule has 0 radical (unpaired) electrons. The van der Waals surface area contributed by atoms with Crippen molar-refractivity contribution in [1.29, 1.82) is 0 Å². The lowest BCUT2D eigenvalue weighted by molar-refractivity contribution is 0.0940. The third kappa shape index (κ3) is 4.98. The number of benzene rings is 1. The largest absolute Gasteiger partial charge is 0.383 e. The fourth-order valence-electron chi connectivity index (χ4n) is 3.78. The molecule has 0 saturated carbocycles. The molecule has 180 valence electrons. The second-order valence-electron chi connectivity index (χ2n) is 8.14. The summed E-state index contributed by atoms with van der Waals surface area (Å²) in [6.45, 7) is 2.27. The number of hydrogen-bond donors (Lipinski definition) is 3. The molecule has 0 spiro atoms. The Hall–Kier alpha value is -4.44. The van der Waals surface area contributed by atoms with Crippen LogP contribution in [-0.4, -0.2) is 25.8 Å². The highest BCUT2D eigenvalue weighted by atomic mass is 32.1. The molecular formula is C26H22FN7OS. The van der Waals surface area contributed by atoms with Crippen LogP contribution in [0, 0.1) is 5.82 Å². The molecule has 0 bridgehead atoms. The summed E-state index contributed by atoms with van der Waals surface area (Å²) in [5.74, 6) is 0.146. The van der Waals surface area contributed by atoms with Crippen molar-refractivity contribution in [3.8, 4) is 10.4 Å². The Balaban J connectivity index is 1.29. The monoisotopic (exact) mass is 499 g/mol. The number of nitrogens with zero attached hydrogens (tertiary/aromatic N) is 4. The maximum absolute atomic E-state index is 13.5. The number of carbonyl (C=O) groups is 1. The highest BCUT2D eigenvalue weighted by Gasteiger charge is 2.16. The summed E-state index contributed by atoms with van der Waals surface area (Å²) in [5, 5.41) is 6.96. The Kier molecular flexibility index (Phi) is 6.50. The highest BCUT2D eigenvalue weighted by molar-refractivity contribution is 7.15. The van der Waals surface area contributed by atoms with Crippen LogP contribution in [0.3, 0.4) is 0 Å². The van der Waals surface area contributed by atoms with E-state index in [-0.39, 0.29) is 5.91 Å². The molecule has 1 amide bonds. The van der Waals surface area contributed by atoms with Crippen LogP contribution in [0.2, 0.25) is 0 Å². The molecule has 0 saturated heterocycles. The van der Waals surface area contributed by atoms with Crippen LogP contribution in [0.4, 0.5) is 16.0 Å². The maximum Gasteiger partial charge on any atom is 0.255 e. The Morgan fingerprint density at radius 3 is 2.86 bits per heavy atom. The number of nitrogens with two attached hydrogens (primary N) is 1. The lowest BCUT2D eigenvalue weighted by atomic mass is 10.1. The number of hydrogen-bond acceptors (Lipinski definition) is 8. The molecule has 0 fully saturated rings. The number of fused-ring (bicyclic) bond motifs is 1. The summed E-state index contributed by atoms with van der Waals surface area (Å²) in [6, 6.07) is 14.3. The fraction of sp³-hybridized carbons (Fsp3) is 0.115. The third-order valence-electron chi connectivity index (χ3n) is 5.67. The van der Waals surface area contributed by atoms with Gasteiger partial charge in [0.25, 0.3) is 5.91 Å². The topological polar surface area (TPSA) is 119 Å². The number of amides is 1. The van der Waals surface area contributed by atoms with Crippen LogP contribution < -0.4 is 16.4 Å². The first-order valence-electron chi connectivity index (χ1n) is 11.2.